The highest BCUT2D eigenvalue weighted by atomic mass is 35.5. The van der Waals surface area contributed by atoms with Crippen LogP contribution in [-0.4, -0.2) is 10.1 Å². The number of thiocarbonyl (C=S) groups is 1. The van der Waals surface area contributed by atoms with Gasteiger partial charge in [-0.15, -0.1) is 0 Å². The average molecular weight is 316 g/mol. The summed E-state index contributed by atoms with van der Waals surface area (Å²) in [6.45, 7) is 0.670. The van der Waals surface area contributed by atoms with Gasteiger partial charge < -0.3 is 15.6 Å². The van der Waals surface area contributed by atoms with Gasteiger partial charge in [-0.25, -0.2) is 0 Å². The lowest BCUT2D eigenvalue weighted by atomic mass is 10.2. The van der Waals surface area contributed by atoms with Crippen molar-refractivity contribution in [3.8, 4) is 0 Å². The molecule has 1 aromatic heterocycles. The van der Waals surface area contributed by atoms with Gasteiger partial charge in [-0.05, 0) is 48.1 Å². The lowest BCUT2D eigenvalue weighted by molar-refractivity contribution is 0.934. The Labute approximate surface area is 133 Å². The third kappa shape index (κ3) is 3.35. The smallest absolute Gasteiger partial charge is 0.171 e. The summed E-state index contributed by atoms with van der Waals surface area (Å²) < 4.78 is 0. The molecule has 0 saturated heterocycles. The number of hydrogen-bond donors (Lipinski definition) is 3. The van der Waals surface area contributed by atoms with Gasteiger partial charge in [0.15, 0.2) is 5.11 Å². The summed E-state index contributed by atoms with van der Waals surface area (Å²) in [4.78, 5) is 3.25. The van der Waals surface area contributed by atoms with E-state index in [1.807, 2.05) is 42.6 Å². The van der Waals surface area contributed by atoms with Crippen LogP contribution in [0.25, 0.3) is 10.9 Å². The molecule has 3 aromatic rings. The first-order valence-corrected chi connectivity index (χ1v) is 7.36. The van der Waals surface area contributed by atoms with E-state index in [-0.39, 0.29) is 0 Å². The molecule has 2 aromatic carbocycles. The molecule has 21 heavy (non-hydrogen) atoms. The minimum absolute atomic E-state index is 0.586. The number of H-pyrrole nitrogens is 1. The number of para-hydroxylation sites is 1. The molecule has 0 saturated carbocycles. The van der Waals surface area contributed by atoms with Crippen LogP contribution in [0.3, 0.4) is 0 Å². The van der Waals surface area contributed by atoms with E-state index in [0.29, 0.717) is 16.7 Å². The Morgan fingerprint density at radius 3 is 2.67 bits per heavy atom. The lowest BCUT2D eigenvalue weighted by Crippen LogP contribution is -2.27. The number of aromatic amines is 1. The van der Waals surface area contributed by atoms with Crippen LogP contribution in [0.15, 0.2) is 54.7 Å². The molecule has 106 valence electrons. The second-order valence-corrected chi connectivity index (χ2v) is 5.52. The highest BCUT2D eigenvalue weighted by Crippen LogP contribution is 2.17. The molecule has 0 aliphatic heterocycles. The summed E-state index contributed by atoms with van der Waals surface area (Å²) in [6.07, 6.45) is 2.00. The molecule has 3 N–H and O–H groups in total. The largest absolute Gasteiger partial charge is 0.361 e. The summed E-state index contributed by atoms with van der Waals surface area (Å²) in [5.41, 5.74) is 3.23. The standard InChI is InChI=1S/C16H14ClN3S/c17-12-5-7-13(8-6-12)20-16(21)19-10-11-9-18-15-4-2-1-3-14(11)15/h1-9,18H,10H2,(H2,19,20,21). The van der Waals surface area contributed by atoms with Gasteiger partial charge >= 0.3 is 0 Å². The molecule has 0 aliphatic rings. The van der Waals surface area contributed by atoms with Gasteiger partial charge in [-0.2, -0.15) is 0 Å². The van der Waals surface area contributed by atoms with Gasteiger partial charge in [0.2, 0.25) is 0 Å². The molecule has 1 heterocycles. The second-order valence-electron chi connectivity index (χ2n) is 4.67. The van der Waals surface area contributed by atoms with Crippen molar-refractivity contribution in [3.63, 3.8) is 0 Å². The van der Waals surface area contributed by atoms with Crippen molar-refractivity contribution in [3.05, 3.63) is 65.3 Å². The van der Waals surface area contributed by atoms with Crippen LogP contribution in [0.4, 0.5) is 5.69 Å². The van der Waals surface area contributed by atoms with Crippen molar-refractivity contribution in [1.82, 2.24) is 10.3 Å². The summed E-state index contributed by atoms with van der Waals surface area (Å²) in [5, 5.41) is 8.84. The van der Waals surface area contributed by atoms with E-state index in [0.717, 1.165) is 11.2 Å². The van der Waals surface area contributed by atoms with Crippen molar-refractivity contribution >= 4 is 45.5 Å². The van der Waals surface area contributed by atoms with Gasteiger partial charge in [0.25, 0.3) is 0 Å². The third-order valence-electron chi connectivity index (χ3n) is 3.22. The summed E-state index contributed by atoms with van der Waals surface area (Å²) in [5.74, 6) is 0. The average Bonchev–Trinajstić information content (AvgIpc) is 2.91. The predicted octanol–water partition coefficient (Wildman–Crippen LogP) is 4.31. The Bertz CT molecular complexity index is 765. The zero-order valence-corrected chi connectivity index (χ0v) is 12.8. The molecule has 3 nitrogen and oxygen atoms in total. The third-order valence-corrected chi connectivity index (χ3v) is 3.71. The number of halogens is 1. The van der Waals surface area contributed by atoms with E-state index in [1.165, 1.54) is 10.9 Å². The molecule has 0 spiro atoms. The number of nitrogens with one attached hydrogen (secondary N) is 3. The van der Waals surface area contributed by atoms with Crippen molar-refractivity contribution in [2.45, 2.75) is 6.54 Å². The molecule has 0 atom stereocenters. The summed E-state index contributed by atoms with van der Waals surface area (Å²) in [7, 11) is 0. The molecule has 0 unspecified atom stereocenters. The van der Waals surface area contributed by atoms with E-state index in [4.69, 9.17) is 23.8 Å². The maximum absolute atomic E-state index is 5.85. The fraction of sp³-hybridized carbons (Fsp3) is 0.0625. The van der Waals surface area contributed by atoms with E-state index < -0.39 is 0 Å². The second kappa shape index (κ2) is 6.16. The molecule has 0 amide bonds. The maximum atomic E-state index is 5.85. The van der Waals surface area contributed by atoms with Gasteiger partial charge in [0.05, 0.1) is 0 Å². The zero-order chi connectivity index (χ0) is 14.7. The summed E-state index contributed by atoms with van der Waals surface area (Å²) in [6, 6.07) is 15.6. The van der Waals surface area contributed by atoms with E-state index in [2.05, 4.69) is 27.8 Å². The first kappa shape index (κ1) is 13.9. The van der Waals surface area contributed by atoms with Crippen LogP contribution in [0.1, 0.15) is 5.56 Å². The number of hydrogen-bond acceptors (Lipinski definition) is 1. The van der Waals surface area contributed by atoms with Gasteiger partial charge in [0, 0.05) is 34.4 Å². The van der Waals surface area contributed by atoms with E-state index >= 15 is 0 Å². The Balaban J connectivity index is 1.62. The van der Waals surface area contributed by atoms with Crippen molar-refractivity contribution in [2.24, 2.45) is 0 Å². The Hall–Kier alpha value is -2.04. The number of rotatable bonds is 3. The Kier molecular flexibility index (Phi) is 4.08. The molecule has 0 radical (unpaired) electrons. The number of fused-ring (bicyclic) bond motifs is 1. The number of benzene rings is 2. The fourth-order valence-corrected chi connectivity index (χ4v) is 2.48. The highest BCUT2D eigenvalue weighted by Gasteiger charge is 2.03. The Morgan fingerprint density at radius 1 is 1.10 bits per heavy atom. The minimum Gasteiger partial charge on any atom is -0.361 e. The summed E-state index contributed by atoms with van der Waals surface area (Å²) >= 11 is 11.2. The molecule has 0 bridgehead atoms. The van der Waals surface area contributed by atoms with Crippen molar-refractivity contribution in [2.75, 3.05) is 5.32 Å². The molecular weight excluding hydrogens is 302 g/mol. The quantitative estimate of drug-likeness (QED) is 0.631. The topological polar surface area (TPSA) is 39.9 Å². The molecule has 5 heteroatoms. The number of anilines is 1. The molecular formula is C16H14ClN3S. The SMILES string of the molecule is S=C(NCc1c[nH]c2ccccc12)Nc1ccc(Cl)cc1. The maximum Gasteiger partial charge on any atom is 0.171 e. The predicted molar refractivity (Wildman–Crippen MR) is 92.8 cm³/mol. The minimum atomic E-state index is 0.586. The van der Waals surface area contributed by atoms with Crippen molar-refractivity contribution < 1.29 is 0 Å². The monoisotopic (exact) mass is 315 g/mol. The highest BCUT2D eigenvalue weighted by molar-refractivity contribution is 7.80. The van der Waals surface area contributed by atoms with Gasteiger partial charge in [0.1, 0.15) is 0 Å². The van der Waals surface area contributed by atoms with Crippen LogP contribution in [-0.2, 0) is 6.54 Å². The molecule has 0 fully saturated rings. The first-order valence-electron chi connectivity index (χ1n) is 6.58. The van der Waals surface area contributed by atoms with Crippen LogP contribution in [0.5, 0.6) is 0 Å². The van der Waals surface area contributed by atoms with E-state index in [1.54, 1.807) is 0 Å². The van der Waals surface area contributed by atoms with E-state index in [9.17, 15) is 0 Å². The molecule has 0 aliphatic carbocycles. The van der Waals surface area contributed by atoms with Crippen LogP contribution >= 0.6 is 23.8 Å². The van der Waals surface area contributed by atoms with Gasteiger partial charge in [-0.3, -0.25) is 0 Å². The Morgan fingerprint density at radius 2 is 1.86 bits per heavy atom. The first-order chi connectivity index (χ1) is 10.2. The normalized spacial score (nSPS) is 10.5. The van der Waals surface area contributed by atoms with Crippen LogP contribution in [0.2, 0.25) is 5.02 Å². The number of aromatic nitrogens is 1. The lowest BCUT2D eigenvalue weighted by Gasteiger charge is -2.10. The van der Waals surface area contributed by atoms with Crippen LogP contribution in [0, 0.1) is 0 Å². The van der Waals surface area contributed by atoms with Gasteiger partial charge in [-0.1, -0.05) is 29.8 Å². The fourth-order valence-electron chi connectivity index (χ4n) is 2.16. The van der Waals surface area contributed by atoms with Crippen LogP contribution < -0.4 is 10.6 Å². The zero-order valence-electron chi connectivity index (χ0n) is 11.2. The molecule has 3 rings (SSSR count). The van der Waals surface area contributed by atoms with Crippen molar-refractivity contribution in [1.29, 1.82) is 0 Å².